The average Bonchev–Trinajstić information content (AvgIpc) is 2.45. The second kappa shape index (κ2) is 7.76. The molecule has 2 N–H and O–H groups in total. The van der Waals surface area contributed by atoms with Crippen molar-refractivity contribution in [1.82, 2.24) is 4.90 Å². The summed E-state index contributed by atoms with van der Waals surface area (Å²) in [5, 5.41) is 11.1. The summed E-state index contributed by atoms with van der Waals surface area (Å²) in [5.74, 6) is -0.248. The molecule has 2 rings (SSSR count). The molecule has 0 saturated carbocycles. The summed E-state index contributed by atoms with van der Waals surface area (Å²) in [6.07, 6.45) is 2.80. The molecule has 1 amide bonds. The monoisotopic (exact) mass is 347 g/mol. The quantitative estimate of drug-likeness (QED) is 0.672. The van der Waals surface area contributed by atoms with Crippen LogP contribution in [0, 0.1) is 10.1 Å². The number of benzene rings is 1. The minimum absolute atomic E-state index is 0. The van der Waals surface area contributed by atoms with Crippen LogP contribution >= 0.6 is 24.0 Å². The van der Waals surface area contributed by atoms with Crippen LogP contribution < -0.4 is 5.73 Å². The lowest BCUT2D eigenvalue weighted by molar-refractivity contribution is -0.384. The van der Waals surface area contributed by atoms with Gasteiger partial charge in [-0.3, -0.25) is 14.9 Å². The first-order valence-corrected chi connectivity index (χ1v) is 7.29. The van der Waals surface area contributed by atoms with Crippen molar-refractivity contribution >= 4 is 35.6 Å². The van der Waals surface area contributed by atoms with Crippen molar-refractivity contribution in [2.24, 2.45) is 5.73 Å². The molecule has 2 unspecified atom stereocenters. The number of nitrogens with two attached hydrogens (primary N) is 1. The molecule has 1 aliphatic heterocycles. The van der Waals surface area contributed by atoms with E-state index in [0.29, 0.717) is 6.54 Å². The van der Waals surface area contributed by atoms with Crippen LogP contribution in [-0.2, 0) is 0 Å². The molecule has 8 heteroatoms. The van der Waals surface area contributed by atoms with Crippen molar-refractivity contribution in [3.63, 3.8) is 0 Å². The summed E-state index contributed by atoms with van der Waals surface area (Å²) in [6, 6.07) is 3.79. The molecule has 1 saturated heterocycles. The van der Waals surface area contributed by atoms with Crippen LogP contribution in [0.3, 0.4) is 0 Å². The smallest absolute Gasteiger partial charge is 0.271 e. The molecule has 1 aliphatic rings. The van der Waals surface area contributed by atoms with Gasteiger partial charge in [-0.15, -0.1) is 12.4 Å². The zero-order chi connectivity index (χ0) is 15.6. The lowest BCUT2D eigenvalue weighted by Gasteiger charge is -2.38. The van der Waals surface area contributed by atoms with Gasteiger partial charge in [-0.2, -0.15) is 0 Å². The minimum Gasteiger partial charge on any atom is -0.334 e. The molecule has 6 nitrogen and oxygen atoms in total. The van der Waals surface area contributed by atoms with Crippen LogP contribution in [0.1, 0.15) is 36.5 Å². The van der Waals surface area contributed by atoms with Gasteiger partial charge in [0.1, 0.15) is 0 Å². The highest BCUT2D eigenvalue weighted by atomic mass is 35.5. The summed E-state index contributed by atoms with van der Waals surface area (Å²) < 4.78 is 0. The maximum atomic E-state index is 12.6. The molecule has 0 aliphatic carbocycles. The lowest BCUT2D eigenvalue weighted by atomic mass is 9.96. The fraction of sp³-hybridized carbons (Fsp3) is 0.500. The molecule has 2 atom stereocenters. The molecular weight excluding hydrogens is 329 g/mol. The molecule has 0 bridgehead atoms. The molecule has 1 aromatic rings. The Morgan fingerprint density at radius 3 is 2.73 bits per heavy atom. The molecule has 1 heterocycles. The maximum absolute atomic E-state index is 12.6. The number of likely N-dealkylation sites (tertiary alicyclic amines) is 1. The summed E-state index contributed by atoms with van der Waals surface area (Å²) >= 11 is 5.88. The van der Waals surface area contributed by atoms with Gasteiger partial charge >= 0.3 is 0 Å². The lowest BCUT2D eigenvalue weighted by Crippen LogP contribution is -2.51. The first-order chi connectivity index (χ1) is 9.90. The van der Waals surface area contributed by atoms with Crippen LogP contribution in [0.15, 0.2) is 18.2 Å². The van der Waals surface area contributed by atoms with E-state index in [1.54, 1.807) is 4.90 Å². The molecule has 0 radical (unpaired) electrons. The number of hydrogen-bond donors (Lipinski definition) is 1. The van der Waals surface area contributed by atoms with Gasteiger partial charge < -0.3 is 10.6 Å². The number of rotatable bonds is 3. The van der Waals surface area contributed by atoms with Gasteiger partial charge in [0, 0.05) is 41.3 Å². The van der Waals surface area contributed by atoms with Gasteiger partial charge in [-0.25, -0.2) is 0 Å². The second-order valence-corrected chi connectivity index (χ2v) is 5.81. The SMILES string of the molecule is CC(N)C1CCCCN1C(=O)c1cc(Cl)cc([N+](=O)[O-])c1.Cl. The number of halogens is 2. The largest absolute Gasteiger partial charge is 0.334 e. The van der Waals surface area contributed by atoms with E-state index in [4.69, 9.17) is 17.3 Å². The third kappa shape index (κ3) is 4.09. The highest BCUT2D eigenvalue weighted by molar-refractivity contribution is 6.31. The number of nitro benzene ring substituents is 1. The number of amides is 1. The third-order valence-electron chi connectivity index (χ3n) is 3.76. The Labute approximate surface area is 140 Å². The number of carbonyl (C=O) groups excluding carboxylic acids is 1. The highest BCUT2D eigenvalue weighted by Crippen LogP contribution is 2.25. The van der Waals surface area contributed by atoms with E-state index in [1.165, 1.54) is 18.2 Å². The molecule has 1 fully saturated rings. The van der Waals surface area contributed by atoms with Crippen molar-refractivity contribution in [1.29, 1.82) is 0 Å². The van der Waals surface area contributed by atoms with Crippen molar-refractivity contribution in [2.45, 2.75) is 38.3 Å². The van der Waals surface area contributed by atoms with E-state index in [0.717, 1.165) is 19.3 Å². The van der Waals surface area contributed by atoms with Gasteiger partial charge in [0.15, 0.2) is 0 Å². The van der Waals surface area contributed by atoms with E-state index < -0.39 is 4.92 Å². The summed E-state index contributed by atoms with van der Waals surface area (Å²) in [6.45, 7) is 2.49. The Kier molecular flexibility index (Phi) is 6.59. The van der Waals surface area contributed by atoms with E-state index in [1.807, 2.05) is 6.92 Å². The van der Waals surface area contributed by atoms with Crippen molar-refractivity contribution < 1.29 is 9.72 Å². The summed E-state index contributed by atoms with van der Waals surface area (Å²) in [5.41, 5.74) is 6.01. The Hall–Kier alpha value is -1.37. The Morgan fingerprint density at radius 2 is 2.14 bits per heavy atom. The number of hydrogen-bond acceptors (Lipinski definition) is 4. The van der Waals surface area contributed by atoms with Crippen molar-refractivity contribution in [2.75, 3.05) is 6.54 Å². The van der Waals surface area contributed by atoms with Gasteiger partial charge in [0.2, 0.25) is 0 Å². The van der Waals surface area contributed by atoms with Gasteiger partial charge in [-0.1, -0.05) is 11.6 Å². The number of non-ortho nitro benzene ring substituents is 1. The van der Waals surface area contributed by atoms with Gasteiger partial charge in [0.25, 0.3) is 11.6 Å². The van der Waals surface area contributed by atoms with Crippen LogP contribution in [0.5, 0.6) is 0 Å². The van der Waals surface area contributed by atoms with Gasteiger partial charge in [0.05, 0.1) is 4.92 Å². The highest BCUT2D eigenvalue weighted by Gasteiger charge is 2.30. The zero-order valence-electron chi connectivity index (χ0n) is 12.2. The Morgan fingerprint density at radius 1 is 1.45 bits per heavy atom. The second-order valence-electron chi connectivity index (χ2n) is 5.38. The first-order valence-electron chi connectivity index (χ1n) is 6.91. The molecule has 0 aromatic heterocycles. The van der Waals surface area contributed by atoms with E-state index in [9.17, 15) is 14.9 Å². The van der Waals surface area contributed by atoms with Crippen LogP contribution in [0.4, 0.5) is 5.69 Å². The van der Waals surface area contributed by atoms with Crippen LogP contribution in [0.25, 0.3) is 0 Å². The van der Waals surface area contributed by atoms with Crippen molar-refractivity contribution in [3.8, 4) is 0 Å². The molecule has 22 heavy (non-hydrogen) atoms. The van der Waals surface area contributed by atoms with E-state index in [2.05, 4.69) is 0 Å². The fourth-order valence-electron chi connectivity index (χ4n) is 2.73. The van der Waals surface area contributed by atoms with Crippen LogP contribution in [0.2, 0.25) is 5.02 Å². The number of nitrogens with zero attached hydrogens (tertiary/aromatic N) is 2. The number of piperidine rings is 1. The third-order valence-corrected chi connectivity index (χ3v) is 3.98. The van der Waals surface area contributed by atoms with Crippen LogP contribution in [-0.4, -0.2) is 34.4 Å². The Balaban J connectivity index is 0.00000242. The van der Waals surface area contributed by atoms with E-state index >= 15 is 0 Å². The fourth-order valence-corrected chi connectivity index (χ4v) is 2.95. The molecule has 0 spiro atoms. The average molecular weight is 348 g/mol. The van der Waals surface area contributed by atoms with Gasteiger partial charge in [-0.05, 0) is 32.3 Å². The number of nitro groups is 1. The standard InChI is InChI=1S/C14H18ClN3O3.ClH/c1-9(16)13-4-2-3-5-17(13)14(19)10-6-11(15)8-12(7-10)18(20)21;/h6-9,13H,2-5,16H2,1H3;1H. The maximum Gasteiger partial charge on any atom is 0.271 e. The molecule has 122 valence electrons. The summed E-state index contributed by atoms with van der Waals surface area (Å²) in [7, 11) is 0. The zero-order valence-corrected chi connectivity index (χ0v) is 13.8. The normalized spacial score (nSPS) is 19.2. The predicted molar refractivity (Wildman–Crippen MR) is 87.7 cm³/mol. The molecular formula is C14H19Cl2N3O3. The predicted octanol–water partition coefficient (Wildman–Crippen LogP) is 3.01. The molecule has 1 aromatic carbocycles. The number of carbonyl (C=O) groups is 1. The Bertz CT molecular complexity index is 566. The topological polar surface area (TPSA) is 89.5 Å². The minimum atomic E-state index is -0.554. The summed E-state index contributed by atoms with van der Waals surface area (Å²) in [4.78, 5) is 24.7. The first kappa shape index (κ1) is 18.7. The van der Waals surface area contributed by atoms with E-state index in [-0.39, 0.29) is 46.7 Å². The van der Waals surface area contributed by atoms with Crippen molar-refractivity contribution in [3.05, 3.63) is 38.9 Å².